The van der Waals surface area contributed by atoms with E-state index in [1.54, 1.807) is 0 Å². The molecule has 0 spiro atoms. The van der Waals surface area contributed by atoms with Crippen LogP contribution in [0, 0.1) is 0 Å². The van der Waals surface area contributed by atoms with Crippen LogP contribution in [0.1, 0.15) is 162 Å². The largest absolute Gasteiger partial charge is 0.481 e. The minimum atomic E-state index is -0.734. The normalized spacial score (nSPS) is 13.0. The molecular weight excluding hydrogens is 520 g/mol. The van der Waals surface area contributed by atoms with Gasteiger partial charge in [0.15, 0.2) is 0 Å². The summed E-state index contributed by atoms with van der Waals surface area (Å²) in [4.78, 5) is 23.2. The van der Waals surface area contributed by atoms with Crippen LogP contribution in [0.15, 0.2) is 60.8 Å². The van der Waals surface area contributed by atoms with Gasteiger partial charge in [-0.05, 0) is 83.1 Å². The second-order valence-electron chi connectivity index (χ2n) is 11.3. The number of allylic oxidation sites excluding steroid dienone is 9. The minimum Gasteiger partial charge on any atom is -0.481 e. The van der Waals surface area contributed by atoms with Crippen molar-refractivity contribution in [3.8, 4) is 0 Å². The van der Waals surface area contributed by atoms with E-state index in [0.717, 1.165) is 64.2 Å². The number of carbonyl (C=O) groups is 2. The first-order chi connectivity index (χ1) is 20.6. The van der Waals surface area contributed by atoms with Gasteiger partial charge in [0.25, 0.3) is 0 Å². The summed E-state index contributed by atoms with van der Waals surface area (Å²) in [5, 5.41) is 8.79. The lowest BCUT2D eigenvalue weighted by Crippen LogP contribution is -2.16. The number of hydrogen-bond acceptors (Lipinski definition) is 3. The Morgan fingerprint density at radius 1 is 0.571 bits per heavy atom. The molecule has 0 fully saturated rings. The number of ether oxygens (including phenoxy) is 1. The number of hydrogen-bond donors (Lipinski definition) is 1. The van der Waals surface area contributed by atoms with Gasteiger partial charge in [0.05, 0.1) is 0 Å². The van der Waals surface area contributed by atoms with E-state index < -0.39 is 5.97 Å². The summed E-state index contributed by atoms with van der Waals surface area (Å²) in [5.41, 5.74) is 0. The monoisotopic (exact) mass is 584 g/mol. The summed E-state index contributed by atoms with van der Waals surface area (Å²) in [6.45, 7) is 4.38. The lowest BCUT2D eigenvalue weighted by Gasteiger charge is -2.14. The zero-order chi connectivity index (χ0) is 30.8. The quantitative estimate of drug-likeness (QED) is 0.0518. The van der Waals surface area contributed by atoms with Crippen molar-refractivity contribution in [2.24, 2.45) is 0 Å². The first-order valence-electron chi connectivity index (χ1n) is 17.3. The Morgan fingerprint density at radius 3 is 1.69 bits per heavy atom. The van der Waals surface area contributed by atoms with Crippen molar-refractivity contribution >= 4 is 11.9 Å². The molecule has 1 N–H and O–H groups in total. The summed E-state index contributed by atoms with van der Waals surface area (Å²) in [5.74, 6) is -0.832. The molecule has 0 heterocycles. The molecule has 0 aromatic rings. The average molecular weight is 585 g/mol. The average Bonchev–Trinajstić information content (AvgIpc) is 2.97. The van der Waals surface area contributed by atoms with Crippen LogP contribution < -0.4 is 0 Å². The predicted octanol–water partition coefficient (Wildman–Crippen LogP) is 11.8. The SMILES string of the molecule is CC/C=C\C/C=C\C/C=C\C(CCCCCCC(=O)O)OC(=O)CCCCCCCCC/C=C\C/C=C\CCCCC. The summed E-state index contributed by atoms with van der Waals surface area (Å²) >= 11 is 0. The van der Waals surface area contributed by atoms with Crippen molar-refractivity contribution in [1.29, 1.82) is 0 Å². The number of esters is 1. The van der Waals surface area contributed by atoms with Crippen LogP contribution in [0.4, 0.5) is 0 Å². The third-order valence-electron chi connectivity index (χ3n) is 7.21. The molecule has 0 aliphatic heterocycles. The maximum Gasteiger partial charge on any atom is 0.306 e. The van der Waals surface area contributed by atoms with E-state index in [1.807, 2.05) is 6.08 Å². The predicted molar refractivity (Wildman–Crippen MR) is 181 cm³/mol. The van der Waals surface area contributed by atoms with Crippen molar-refractivity contribution in [2.45, 2.75) is 168 Å². The van der Waals surface area contributed by atoms with E-state index in [4.69, 9.17) is 9.84 Å². The molecule has 0 saturated heterocycles. The minimum absolute atomic E-state index is 0.0987. The number of carbonyl (C=O) groups excluding carboxylic acids is 1. The summed E-state index contributed by atoms with van der Waals surface area (Å²) in [7, 11) is 0. The van der Waals surface area contributed by atoms with Gasteiger partial charge in [0.2, 0.25) is 0 Å². The Kier molecular flexibility index (Phi) is 31.3. The molecule has 4 heteroatoms. The van der Waals surface area contributed by atoms with Crippen molar-refractivity contribution < 1.29 is 19.4 Å². The molecule has 0 rings (SSSR count). The van der Waals surface area contributed by atoms with Gasteiger partial charge in [-0.2, -0.15) is 0 Å². The van der Waals surface area contributed by atoms with Crippen LogP contribution in [-0.2, 0) is 14.3 Å². The van der Waals surface area contributed by atoms with E-state index in [-0.39, 0.29) is 18.5 Å². The molecule has 0 aromatic carbocycles. The van der Waals surface area contributed by atoms with Gasteiger partial charge in [-0.25, -0.2) is 0 Å². The smallest absolute Gasteiger partial charge is 0.306 e. The fraction of sp³-hybridized carbons (Fsp3) is 0.684. The standard InChI is InChI=1S/C38H64O4/c1-3-5-7-9-11-13-14-15-16-17-18-19-20-21-23-25-31-35-38(41)42-36(33-29-26-27-30-34-37(39)40)32-28-24-22-12-10-8-6-4-2/h6,8,11-13,15-16,22,28,32,36H,3-5,7,9-10,14,17-21,23-27,29-31,33-35H2,1-2H3,(H,39,40)/b8-6-,13-11-,16-15-,22-12-,32-28-. The lowest BCUT2D eigenvalue weighted by atomic mass is 10.1. The molecule has 0 bridgehead atoms. The van der Waals surface area contributed by atoms with Crippen LogP contribution in [-0.4, -0.2) is 23.1 Å². The Hall–Kier alpha value is -2.36. The number of aliphatic carboxylic acids is 1. The van der Waals surface area contributed by atoms with Gasteiger partial charge in [-0.15, -0.1) is 0 Å². The fourth-order valence-electron chi connectivity index (χ4n) is 4.67. The van der Waals surface area contributed by atoms with E-state index >= 15 is 0 Å². The number of rotatable bonds is 30. The van der Waals surface area contributed by atoms with Crippen LogP contribution in [0.3, 0.4) is 0 Å². The second-order valence-corrected chi connectivity index (χ2v) is 11.3. The Bertz CT molecular complexity index is 759. The van der Waals surface area contributed by atoms with Crippen molar-refractivity contribution in [3.05, 3.63) is 60.8 Å². The Labute approximate surface area is 259 Å². The van der Waals surface area contributed by atoms with E-state index in [0.29, 0.717) is 12.8 Å². The maximum absolute atomic E-state index is 12.5. The second kappa shape index (κ2) is 33.1. The molecule has 42 heavy (non-hydrogen) atoms. The molecule has 0 aliphatic rings. The molecule has 1 atom stereocenters. The zero-order valence-electron chi connectivity index (χ0n) is 27.3. The molecule has 0 amide bonds. The molecule has 240 valence electrons. The third kappa shape index (κ3) is 32.2. The molecule has 0 radical (unpaired) electrons. The van der Waals surface area contributed by atoms with Crippen molar-refractivity contribution in [2.75, 3.05) is 0 Å². The highest BCUT2D eigenvalue weighted by atomic mass is 16.5. The highest BCUT2D eigenvalue weighted by molar-refractivity contribution is 5.69. The molecule has 0 saturated carbocycles. The van der Waals surface area contributed by atoms with Crippen LogP contribution in [0.25, 0.3) is 0 Å². The molecule has 1 unspecified atom stereocenters. The zero-order valence-corrected chi connectivity index (χ0v) is 27.3. The van der Waals surface area contributed by atoms with Gasteiger partial charge in [-0.1, -0.05) is 126 Å². The van der Waals surface area contributed by atoms with Gasteiger partial charge in [0, 0.05) is 12.8 Å². The van der Waals surface area contributed by atoms with Gasteiger partial charge >= 0.3 is 11.9 Å². The molecule has 0 aliphatic carbocycles. The van der Waals surface area contributed by atoms with Crippen LogP contribution in [0.2, 0.25) is 0 Å². The fourth-order valence-corrected chi connectivity index (χ4v) is 4.67. The lowest BCUT2D eigenvalue weighted by molar-refractivity contribution is -0.147. The van der Waals surface area contributed by atoms with Gasteiger partial charge in [0.1, 0.15) is 6.10 Å². The molecule has 0 aromatic heterocycles. The van der Waals surface area contributed by atoms with Crippen LogP contribution in [0.5, 0.6) is 0 Å². The Morgan fingerprint density at radius 2 is 1.07 bits per heavy atom. The first kappa shape index (κ1) is 39.6. The van der Waals surface area contributed by atoms with Crippen molar-refractivity contribution in [1.82, 2.24) is 0 Å². The number of carboxylic acids is 1. The maximum atomic E-state index is 12.5. The Balaban J connectivity index is 4.06. The molecular formula is C38H64O4. The van der Waals surface area contributed by atoms with Gasteiger partial charge in [-0.3, -0.25) is 9.59 Å². The summed E-state index contributed by atoms with van der Waals surface area (Å²) in [6.07, 6.45) is 45.3. The number of carboxylic acid groups (broad SMARTS) is 1. The van der Waals surface area contributed by atoms with Crippen LogP contribution >= 0.6 is 0 Å². The topological polar surface area (TPSA) is 63.6 Å². The number of unbranched alkanes of at least 4 members (excludes halogenated alkanes) is 13. The first-order valence-corrected chi connectivity index (χ1v) is 17.3. The van der Waals surface area contributed by atoms with E-state index in [2.05, 4.69) is 68.5 Å². The van der Waals surface area contributed by atoms with Crippen molar-refractivity contribution in [3.63, 3.8) is 0 Å². The molecule has 4 nitrogen and oxygen atoms in total. The highest BCUT2D eigenvalue weighted by Crippen LogP contribution is 2.14. The third-order valence-corrected chi connectivity index (χ3v) is 7.21. The highest BCUT2D eigenvalue weighted by Gasteiger charge is 2.11. The van der Waals surface area contributed by atoms with Gasteiger partial charge < -0.3 is 9.84 Å². The summed E-state index contributed by atoms with van der Waals surface area (Å²) < 4.78 is 5.82. The van der Waals surface area contributed by atoms with E-state index in [9.17, 15) is 9.59 Å². The summed E-state index contributed by atoms with van der Waals surface area (Å²) in [6, 6.07) is 0. The van der Waals surface area contributed by atoms with E-state index in [1.165, 1.54) is 64.2 Å².